The van der Waals surface area contributed by atoms with Crippen LogP contribution in [0.2, 0.25) is 0 Å². The molecule has 0 saturated heterocycles. The van der Waals surface area contributed by atoms with Gasteiger partial charge in [0.15, 0.2) is 0 Å². The maximum atomic E-state index is 11.7. The Morgan fingerprint density at radius 2 is 1.94 bits per heavy atom. The van der Waals surface area contributed by atoms with E-state index in [0.29, 0.717) is 5.56 Å². The highest BCUT2D eigenvalue weighted by molar-refractivity contribution is 7.08. The third-order valence-corrected chi connectivity index (χ3v) is 2.80. The Bertz CT molecular complexity index is 534. The lowest BCUT2D eigenvalue weighted by atomic mass is 10.2. The van der Waals surface area contributed by atoms with Crippen LogP contribution in [0.3, 0.4) is 0 Å². The predicted molar refractivity (Wildman–Crippen MR) is 65.4 cm³/mol. The summed E-state index contributed by atoms with van der Waals surface area (Å²) < 4.78 is 0. The van der Waals surface area contributed by atoms with Crippen LogP contribution in [0.15, 0.2) is 41.1 Å². The molecule has 2 aromatic rings. The minimum atomic E-state index is -0.499. The lowest BCUT2D eigenvalue weighted by Gasteiger charge is -2.02. The molecule has 5 nitrogen and oxygen atoms in total. The zero-order valence-electron chi connectivity index (χ0n) is 8.62. The number of hydrogen-bond acceptors (Lipinski definition) is 4. The van der Waals surface area contributed by atoms with Gasteiger partial charge in [0.2, 0.25) is 0 Å². The van der Waals surface area contributed by atoms with Crippen LogP contribution in [0, 0.1) is 10.1 Å². The van der Waals surface area contributed by atoms with E-state index in [1.165, 1.54) is 35.6 Å². The van der Waals surface area contributed by atoms with E-state index in [9.17, 15) is 14.9 Å². The first-order valence-electron chi connectivity index (χ1n) is 4.75. The van der Waals surface area contributed by atoms with Gasteiger partial charge >= 0.3 is 0 Å². The van der Waals surface area contributed by atoms with Crippen LogP contribution in [-0.4, -0.2) is 10.8 Å². The molecule has 0 atom stereocenters. The Balaban J connectivity index is 2.12. The molecule has 1 heterocycles. The molecule has 0 saturated carbocycles. The summed E-state index contributed by atoms with van der Waals surface area (Å²) in [5.41, 5.74) is 1.08. The van der Waals surface area contributed by atoms with Crippen molar-refractivity contribution >= 4 is 28.6 Å². The van der Waals surface area contributed by atoms with E-state index in [-0.39, 0.29) is 11.6 Å². The number of non-ortho nitro benzene ring substituents is 1. The molecule has 86 valence electrons. The molecule has 1 N–H and O–H groups in total. The summed E-state index contributed by atoms with van der Waals surface area (Å²) in [6.07, 6.45) is 0. The molecule has 0 unspecified atom stereocenters. The quantitative estimate of drug-likeness (QED) is 0.670. The minimum Gasteiger partial charge on any atom is -0.321 e. The molecule has 1 aromatic heterocycles. The number of amides is 1. The van der Waals surface area contributed by atoms with Crippen LogP contribution in [-0.2, 0) is 0 Å². The number of nitrogens with zero attached hydrogens (tertiary/aromatic N) is 1. The summed E-state index contributed by atoms with van der Waals surface area (Å²) >= 11 is 1.48. The summed E-state index contributed by atoms with van der Waals surface area (Å²) in [6.45, 7) is 0. The Morgan fingerprint density at radius 3 is 2.47 bits per heavy atom. The maximum Gasteiger partial charge on any atom is 0.269 e. The number of anilines is 1. The standard InChI is InChI=1S/C11H8N2O3S/c14-11(12-9-5-6-17-7-9)8-1-3-10(4-2-8)13(15)16/h1-7H,(H,12,14). The smallest absolute Gasteiger partial charge is 0.269 e. The molecule has 0 aliphatic carbocycles. The van der Waals surface area contributed by atoms with Crippen LogP contribution in [0.1, 0.15) is 10.4 Å². The van der Waals surface area contributed by atoms with E-state index in [4.69, 9.17) is 0 Å². The second kappa shape index (κ2) is 4.75. The van der Waals surface area contributed by atoms with Crippen molar-refractivity contribution in [3.8, 4) is 0 Å². The van der Waals surface area contributed by atoms with Crippen LogP contribution in [0.5, 0.6) is 0 Å². The molecule has 0 spiro atoms. The number of hydrogen-bond donors (Lipinski definition) is 1. The molecule has 0 aliphatic heterocycles. The molecule has 0 radical (unpaired) electrons. The van der Waals surface area contributed by atoms with Gasteiger partial charge < -0.3 is 5.32 Å². The molecule has 0 bridgehead atoms. The molecule has 1 aromatic carbocycles. The monoisotopic (exact) mass is 248 g/mol. The van der Waals surface area contributed by atoms with Gasteiger partial charge in [0, 0.05) is 23.1 Å². The van der Waals surface area contributed by atoms with E-state index >= 15 is 0 Å². The van der Waals surface area contributed by atoms with Crippen LogP contribution in [0.25, 0.3) is 0 Å². The molecule has 0 fully saturated rings. The highest BCUT2D eigenvalue weighted by Crippen LogP contribution is 2.15. The highest BCUT2D eigenvalue weighted by Gasteiger charge is 2.09. The van der Waals surface area contributed by atoms with Crippen LogP contribution < -0.4 is 5.32 Å². The number of carbonyl (C=O) groups excluding carboxylic acids is 1. The van der Waals surface area contributed by atoms with Gasteiger partial charge in [0.05, 0.1) is 10.6 Å². The normalized spacial score (nSPS) is 9.88. The van der Waals surface area contributed by atoms with Crippen molar-refractivity contribution in [2.75, 3.05) is 5.32 Å². The molecule has 17 heavy (non-hydrogen) atoms. The maximum absolute atomic E-state index is 11.7. The first-order valence-corrected chi connectivity index (χ1v) is 5.69. The molecule has 0 aliphatic rings. The number of carbonyl (C=O) groups is 1. The van der Waals surface area contributed by atoms with E-state index in [1.807, 2.05) is 10.8 Å². The van der Waals surface area contributed by atoms with Gasteiger partial charge in [-0.25, -0.2) is 0 Å². The topological polar surface area (TPSA) is 72.2 Å². The fraction of sp³-hybridized carbons (Fsp3) is 0. The molecule has 2 rings (SSSR count). The SMILES string of the molecule is O=C(Nc1ccsc1)c1ccc([N+](=O)[O-])cc1. The second-order valence-electron chi connectivity index (χ2n) is 3.27. The van der Waals surface area contributed by atoms with E-state index in [2.05, 4.69) is 5.32 Å². The highest BCUT2D eigenvalue weighted by atomic mass is 32.1. The van der Waals surface area contributed by atoms with Crippen LogP contribution >= 0.6 is 11.3 Å². The molecule has 1 amide bonds. The first kappa shape index (κ1) is 11.3. The van der Waals surface area contributed by atoms with E-state index in [0.717, 1.165) is 5.69 Å². The Hall–Kier alpha value is -2.21. The predicted octanol–water partition coefficient (Wildman–Crippen LogP) is 2.91. The van der Waals surface area contributed by atoms with Crippen molar-refractivity contribution in [1.29, 1.82) is 0 Å². The van der Waals surface area contributed by atoms with E-state index in [1.54, 1.807) is 6.07 Å². The number of benzene rings is 1. The Morgan fingerprint density at radius 1 is 1.24 bits per heavy atom. The van der Waals surface area contributed by atoms with Crippen molar-refractivity contribution in [2.24, 2.45) is 0 Å². The van der Waals surface area contributed by atoms with Crippen molar-refractivity contribution < 1.29 is 9.72 Å². The van der Waals surface area contributed by atoms with Crippen molar-refractivity contribution in [3.05, 3.63) is 56.8 Å². The number of thiophene rings is 1. The molecule has 6 heteroatoms. The van der Waals surface area contributed by atoms with Gasteiger partial charge in [-0.3, -0.25) is 14.9 Å². The first-order chi connectivity index (χ1) is 8.16. The third-order valence-electron chi connectivity index (χ3n) is 2.12. The van der Waals surface area contributed by atoms with Gasteiger partial charge in [0.25, 0.3) is 11.6 Å². The van der Waals surface area contributed by atoms with Crippen molar-refractivity contribution in [2.45, 2.75) is 0 Å². The van der Waals surface area contributed by atoms with Crippen molar-refractivity contribution in [3.63, 3.8) is 0 Å². The Labute approximate surface area is 101 Å². The number of nitro benzene ring substituents is 1. The minimum absolute atomic E-state index is 0.0305. The van der Waals surface area contributed by atoms with E-state index < -0.39 is 4.92 Å². The van der Waals surface area contributed by atoms with Gasteiger partial charge in [0.1, 0.15) is 0 Å². The lowest BCUT2D eigenvalue weighted by Crippen LogP contribution is -2.11. The zero-order chi connectivity index (χ0) is 12.3. The lowest BCUT2D eigenvalue weighted by molar-refractivity contribution is -0.384. The number of rotatable bonds is 3. The number of nitrogens with one attached hydrogen (secondary N) is 1. The third kappa shape index (κ3) is 2.67. The van der Waals surface area contributed by atoms with Gasteiger partial charge in [-0.2, -0.15) is 11.3 Å². The van der Waals surface area contributed by atoms with Gasteiger partial charge in [-0.1, -0.05) is 0 Å². The summed E-state index contributed by atoms with van der Waals surface area (Å²) in [6, 6.07) is 7.26. The number of nitro groups is 1. The average molecular weight is 248 g/mol. The Kier molecular flexibility index (Phi) is 3.15. The van der Waals surface area contributed by atoms with Gasteiger partial charge in [-0.15, -0.1) is 0 Å². The average Bonchev–Trinajstić information content (AvgIpc) is 2.82. The zero-order valence-corrected chi connectivity index (χ0v) is 9.44. The van der Waals surface area contributed by atoms with Gasteiger partial charge in [-0.05, 0) is 23.6 Å². The summed E-state index contributed by atoms with van der Waals surface area (Å²) in [7, 11) is 0. The summed E-state index contributed by atoms with van der Waals surface area (Å²) in [5, 5.41) is 16.8. The summed E-state index contributed by atoms with van der Waals surface area (Å²) in [5.74, 6) is -0.279. The second-order valence-corrected chi connectivity index (χ2v) is 4.05. The molecular formula is C11H8N2O3S. The van der Waals surface area contributed by atoms with Crippen LogP contribution in [0.4, 0.5) is 11.4 Å². The fourth-order valence-electron chi connectivity index (χ4n) is 1.27. The largest absolute Gasteiger partial charge is 0.321 e. The fourth-order valence-corrected chi connectivity index (χ4v) is 1.86. The van der Waals surface area contributed by atoms with Crippen molar-refractivity contribution in [1.82, 2.24) is 0 Å². The molecular weight excluding hydrogens is 240 g/mol. The summed E-state index contributed by atoms with van der Waals surface area (Å²) in [4.78, 5) is 21.7.